The van der Waals surface area contributed by atoms with Crippen molar-refractivity contribution in [2.24, 2.45) is 0 Å². The maximum absolute atomic E-state index is 13.0. The van der Waals surface area contributed by atoms with Crippen LogP contribution in [0.15, 0.2) is 54.1 Å². The molecule has 3 aliphatic rings. The van der Waals surface area contributed by atoms with Crippen LogP contribution in [0.1, 0.15) is 30.0 Å². The maximum atomic E-state index is 13.0. The third-order valence-electron chi connectivity index (χ3n) is 5.63. The van der Waals surface area contributed by atoms with Gasteiger partial charge in [0.25, 0.3) is 0 Å². The molecule has 0 spiro atoms. The second kappa shape index (κ2) is 8.07. The van der Waals surface area contributed by atoms with Gasteiger partial charge in [0.2, 0.25) is 5.91 Å². The first-order valence-corrected chi connectivity index (χ1v) is 10.6. The quantitative estimate of drug-likeness (QED) is 0.665. The van der Waals surface area contributed by atoms with E-state index in [1.54, 1.807) is 6.08 Å². The molecule has 2 aromatic rings. The minimum atomic E-state index is 0.00480. The Kier molecular flexibility index (Phi) is 5.13. The highest BCUT2D eigenvalue weighted by molar-refractivity contribution is 6.30. The topological polar surface area (TPSA) is 48.0 Å². The fourth-order valence-corrected chi connectivity index (χ4v) is 4.36. The summed E-state index contributed by atoms with van der Waals surface area (Å²) in [6.45, 7) is 2.31. The molecule has 5 rings (SSSR count). The lowest BCUT2D eigenvalue weighted by Gasteiger charge is -2.26. The van der Waals surface area contributed by atoms with E-state index in [-0.39, 0.29) is 11.9 Å². The second-order valence-corrected chi connectivity index (χ2v) is 8.05. The number of hydrogen-bond donors (Lipinski definition) is 0. The summed E-state index contributed by atoms with van der Waals surface area (Å²) < 4.78 is 17.1. The van der Waals surface area contributed by atoms with Gasteiger partial charge in [-0.25, -0.2) is 0 Å². The average molecular weight is 424 g/mol. The van der Waals surface area contributed by atoms with Crippen LogP contribution in [0.4, 0.5) is 0 Å². The minimum Gasteiger partial charge on any atom is -0.488 e. The third-order valence-corrected chi connectivity index (χ3v) is 5.87. The van der Waals surface area contributed by atoms with E-state index in [9.17, 15) is 4.79 Å². The number of hydrogen-bond acceptors (Lipinski definition) is 4. The van der Waals surface area contributed by atoms with Crippen molar-refractivity contribution < 1.29 is 19.0 Å². The van der Waals surface area contributed by atoms with Crippen LogP contribution < -0.4 is 14.2 Å². The summed E-state index contributed by atoms with van der Waals surface area (Å²) in [5.74, 6) is 2.34. The molecule has 5 nitrogen and oxygen atoms in total. The molecule has 1 atom stereocenters. The predicted octanol–water partition coefficient (Wildman–Crippen LogP) is 4.81. The van der Waals surface area contributed by atoms with Gasteiger partial charge in [-0.3, -0.25) is 4.79 Å². The first-order valence-electron chi connectivity index (χ1n) is 10.2. The van der Waals surface area contributed by atoms with Crippen LogP contribution in [0.3, 0.4) is 0 Å². The molecular formula is C24H22ClNO4. The van der Waals surface area contributed by atoms with E-state index in [4.69, 9.17) is 25.8 Å². The zero-order chi connectivity index (χ0) is 20.5. The molecule has 6 heteroatoms. The molecule has 3 heterocycles. The van der Waals surface area contributed by atoms with Crippen LogP contribution in [-0.4, -0.2) is 37.2 Å². The van der Waals surface area contributed by atoms with Gasteiger partial charge in [-0.2, -0.15) is 0 Å². The van der Waals surface area contributed by atoms with E-state index >= 15 is 0 Å². The number of amides is 1. The molecule has 0 saturated carbocycles. The molecule has 1 fully saturated rings. The van der Waals surface area contributed by atoms with Crippen molar-refractivity contribution in [3.8, 4) is 17.2 Å². The zero-order valence-electron chi connectivity index (χ0n) is 16.5. The van der Waals surface area contributed by atoms with Gasteiger partial charge in [0.1, 0.15) is 25.6 Å². The summed E-state index contributed by atoms with van der Waals surface area (Å²) in [6, 6.07) is 11.6. The standard InChI is InChI=1S/C24H22ClNO4/c25-19-5-7-21-18(13-19)12-16(15-30-21)3-8-24(27)26-9-1-2-20(26)17-4-6-22-23(14-17)29-11-10-28-22/h3-8,12-14,20H,1-2,9-11,15H2/b8-3+/t20-/m1/s1. The zero-order valence-corrected chi connectivity index (χ0v) is 17.2. The van der Waals surface area contributed by atoms with Crippen LogP contribution in [0.2, 0.25) is 5.02 Å². The van der Waals surface area contributed by atoms with Crippen molar-refractivity contribution in [3.63, 3.8) is 0 Å². The van der Waals surface area contributed by atoms with Gasteiger partial charge in [0, 0.05) is 23.2 Å². The number of ether oxygens (including phenoxy) is 3. The van der Waals surface area contributed by atoms with Crippen LogP contribution in [-0.2, 0) is 4.79 Å². The van der Waals surface area contributed by atoms with Crippen LogP contribution in [0, 0.1) is 0 Å². The highest BCUT2D eigenvalue weighted by atomic mass is 35.5. The van der Waals surface area contributed by atoms with Gasteiger partial charge < -0.3 is 19.1 Å². The van der Waals surface area contributed by atoms with E-state index in [1.165, 1.54) is 0 Å². The predicted molar refractivity (Wildman–Crippen MR) is 115 cm³/mol. The molecule has 1 saturated heterocycles. The first-order chi connectivity index (χ1) is 14.7. The Labute approximate surface area is 180 Å². The largest absolute Gasteiger partial charge is 0.488 e. The van der Waals surface area contributed by atoms with E-state index in [2.05, 4.69) is 0 Å². The fourth-order valence-electron chi connectivity index (χ4n) is 4.18. The lowest BCUT2D eigenvalue weighted by atomic mass is 10.0. The Morgan fingerprint density at radius 1 is 1.03 bits per heavy atom. The van der Waals surface area contributed by atoms with E-state index in [0.717, 1.165) is 53.3 Å². The average Bonchev–Trinajstić information content (AvgIpc) is 3.27. The van der Waals surface area contributed by atoms with Crippen molar-refractivity contribution in [1.82, 2.24) is 4.90 Å². The number of carbonyl (C=O) groups excluding carboxylic acids is 1. The Morgan fingerprint density at radius 3 is 2.77 bits per heavy atom. The molecule has 0 N–H and O–H groups in total. The summed E-state index contributed by atoms with van der Waals surface area (Å²) >= 11 is 6.08. The number of rotatable bonds is 3. The lowest BCUT2D eigenvalue weighted by Crippen LogP contribution is -2.29. The molecule has 3 aliphatic heterocycles. The SMILES string of the molecule is O=C(/C=C/C1=Cc2cc(Cl)ccc2OC1)N1CCC[C@@H]1c1ccc2c(c1)OCCO2. The van der Waals surface area contributed by atoms with E-state index in [0.29, 0.717) is 24.8 Å². The van der Waals surface area contributed by atoms with Gasteiger partial charge in [-0.1, -0.05) is 23.7 Å². The summed E-state index contributed by atoms with van der Waals surface area (Å²) in [4.78, 5) is 14.9. The number of fused-ring (bicyclic) bond motifs is 2. The number of carbonyl (C=O) groups is 1. The van der Waals surface area contributed by atoms with Crippen molar-refractivity contribution in [3.05, 3.63) is 70.3 Å². The Morgan fingerprint density at radius 2 is 1.87 bits per heavy atom. The molecular weight excluding hydrogens is 402 g/mol. The highest BCUT2D eigenvalue weighted by Gasteiger charge is 2.30. The van der Waals surface area contributed by atoms with Crippen molar-refractivity contribution in [1.29, 1.82) is 0 Å². The Hall–Kier alpha value is -2.92. The molecule has 154 valence electrons. The maximum Gasteiger partial charge on any atom is 0.247 e. The minimum absolute atomic E-state index is 0.00480. The van der Waals surface area contributed by atoms with Crippen molar-refractivity contribution in [2.45, 2.75) is 18.9 Å². The van der Waals surface area contributed by atoms with Crippen molar-refractivity contribution in [2.75, 3.05) is 26.4 Å². The number of benzene rings is 2. The van der Waals surface area contributed by atoms with Crippen LogP contribution in [0.25, 0.3) is 6.08 Å². The molecule has 2 aromatic carbocycles. The molecule has 0 unspecified atom stereocenters. The van der Waals surface area contributed by atoms with E-state index < -0.39 is 0 Å². The van der Waals surface area contributed by atoms with Gasteiger partial charge in [-0.05, 0) is 60.4 Å². The Bertz CT molecular complexity index is 1050. The summed E-state index contributed by atoms with van der Waals surface area (Å²) in [5.41, 5.74) is 2.95. The molecule has 0 bridgehead atoms. The summed E-state index contributed by atoms with van der Waals surface area (Å²) in [5, 5.41) is 0.661. The normalized spacial score (nSPS) is 20.0. The van der Waals surface area contributed by atoms with E-state index in [1.807, 2.05) is 53.5 Å². The molecule has 0 aromatic heterocycles. The van der Waals surface area contributed by atoms with Gasteiger partial charge in [0.15, 0.2) is 11.5 Å². The van der Waals surface area contributed by atoms with Gasteiger partial charge >= 0.3 is 0 Å². The van der Waals surface area contributed by atoms with Crippen LogP contribution in [0.5, 0.6) is 17.2 Å². The number of halogens is 1. The van der Waals surface area contributed by atoms with Gasteiger partial charge in [-0.15, -0.1) is 0 Å². The molecule has 0 radical (unpaired) electrons. The van der Waals surface area contributed by atoms with Crippen molar-refractivity contribution >= 4 is 23.6 Å². The monoisotopic (exact) mass is 423 g/mol. The van der Waals surface area contributed by atoms with Crippen LogP contribution >= 0.6 is 11.6 Å². The second-order valence-electron chi connectivity index (χ2n) is 7.62. The number of likely N-dealkylation sites (tertiary alicyclic amines) is 1. The smallest absolute Gasteiger partial charge is 0.247 e. The highest BCUT2D eigenvalue weighted by Crippen LogP contribution is 2.38. The third kappa shape index (κ3) is 3.77. The Balaban J connectivity index is 1.32. The summed E-state index contributed by atoms with van der Waals surface area (Å²) in [7, 11) is 0. The lowest BCUT2D eigenvalue weighted by molar-refractivity contribution is -0.126. The summed E-state index contributed by atoms with van der Waals surface area (Å²) in [6.07, 6.45) is 7.41. The molecule has 0 aliphatic carbocycles. The fraction of sp³-hybridized carbons (Fsp3) is 0.292. The molecule has 1 amide bonds. The first kappa shape index (κ1) is 19.1. The molecule has 30 heavy (non-hydrogen) atoms. The van der Waals surface area contributed by atoms with Gasteiger partial charge in [0.05, 0.1) is 6.04 Å². The number of nitrogens with zero attached hydrogens (tertiary/aromatic N) is 1.